The van der Waals surface area contributed by atoms with E-state index in [1.165, 1.54) is 0 Å². The highest BCUT2D eigenvalue weighted by atomic mass is 16.5. The van der Waals surface area contributed by atoms with Gasteiger partial charge in [-0.15, -0.1) is 0 Å². The van der Waals surface area contributed by atoms with Crippen molar-refractivity contribution in [3.63, 3.8) is 0 Å². The Kier molecular flexibility index (Phi) is 6.83. The third-order valence-electron chi connectivity index (χ3n) is 3.73. The minimum Gasteiger partial charge on any atom is -0.490 e. The van der Waals surface area contributed by atoms with Gasteiger partial charge < -0.3 is 19.5 Å². The molecule has 0 aliphatic carbocycles. The summed E-state index contributed by atoms with van der Waals surface area (Å²) in [5, 5.41) is 3.36. The summed E-state index contributed by atoms with van der Waals surface area (Å²) in [7, 11) is 0. The van der Waals surface area contributed by atoms with Gasteiger partial charge in [0.2, 0.25) is 0 Å². The van der Waals surface area contributed by atoms with E-state index in [0.29, 0.717) is 12.5 Å². The van der Waals surface area contributed by atoms with Crippen molar-refractivity contribution in [1.82, 2.24) is 5.32 Å². The van der Waals surface area contributed by atoms with Crippen molar-refractivity contribution in [3.8, 4) is 11.5 Å². The molecule has 0 atom stereocenters. The van der Waals surface area contributed by atoms with Crippen LogP contribution >= 0.6 is 0 Å². The molecule has 118 valence electrons. The molecule has 21 heavy (non-hydrogen) atoms. The summed E-state index contributed by atoms with van der Waals surface area (Å²) in [5.41, 5.74) is 1.16. The summed E-state index contributed by atoms with van der Waals surface area (Å²) in [4.78, 5) is 0. The van der Waals surface area contributed by atoms with Crippen LogP contribution in [0.25, 0.3) is 0 Å². The maximum absolute atomic E-state index is 6.14. The van der Waals surface area contributed by atoms with Crippen LogP contribution in [0.5, 0.6) is 11.5 Å². The maximum Gasteiger partial charge on any atom is 0.165 e. The molecule has 0 amide bonds. The van der Waals surface area contributed by atoms with Gasteiger partial charge in [-0.25, -0.2) is 0 Å². The summed E-state index contributed by atoms with van der Waals surface area (Å²) >= 11 is 0. The Hall–Kier alpha value is -1.26. The molecule has 1 fully saturated rings. The molecule has 1 aliphatic heterocycles. The van der Waals surface area contributed by atoms with Gasteiger partial charge in [-0.1, -0.05) is 19.1 Å². The van der Waals surface area contributed by atoms with Crippen LogP contribution in [0.1, 0.15) is 32.3 Å². The molecular weight excluding hydrogens is 266 g/mol. The Labute approximate surface area is 127 Å². The average Bonchev–Trinajstić information content (AvgIpc) is 2.53. The normalized spacial score (nSPS) is 15.9. The average molecular weight is 293 g/mol. The van der Waals surface area contributed by atoms with E-state index >= 15 is 0 Å². The van der Waals surface area contributed by atoms with Crippen molar-refractivity contribution in [3.05, 3.63) is 23.8 Å². The Morgan fingerprint density at radius 3 is 2.71 bits per heavy atom. The molecule has 1 aromatic carbocycles. The highest BCUT2D eigenvalue weighted by Crippen LogP contribution is 2.32. The van der Waals surface area contributed by atoms with Gasteiger partial charge in [0, 0.05) is 25.3 Å². The minimum absolute atomic E-state index is 0.584. The number of nitrogens with one attached hydrogen (secondary N) is 1. The van der Waals surface area contributed by atoms with Crippen LogP contribution in [0, 0.1) is 5.92 Å². The van der Waals surface area contributed by atoms with E-state index in [1.54, 1.807) is 0 Å². The molecule has 1 aromatic rings. The Bertz CT molecular complexity index is 416. The molecule has 1 heterocycles. The number of para-hydroxylation sites is 1. The molecule has 0 unspecified atom stereocenters. The fraction of sp³-hybridized carbons (Fsp3) is 0.647. The second-order valence-electron chi connectivity index (χ2n) is 5.32. The fourth-order valence-electron chi connectivity index (χ4n) is 2.51. The number of ether oxygens (including phenoxy) is 3. The quantitative estimate of drug-likeness (QED) is 0.800. The van der Waals surface area contributed by atoms with Gasteiger partial charge in [0.1, 0.15) is 0 Å². The smallest absolute Gasteiger partial charge is 0.165 e. The lowest BCUT2D eigenvalue weighted by Gasteiger charge is -2.23. The highest BCUT2D eigenvalue weighted by Gasteiger charge is 2.17. The first-order valence-electron chi connectivity index (χ1n) is 8.01. The zero-order valence-corrected chi connectivity index (χ0v) is 13.2. The second-order valence-corrected chi connectivity index (χ2v) is 5.32. The van der Waals surface area contributed by atoms with Gasteiger partial charge in [-0.05, 0) is 38.3 Å². The van der Waals surface area contributed by atoms with Crippen LogP contribution in [0.15, 0.2) is 18.2 Å². The molecule has 0 radical (unpaired) electrons. The minimum atomic E-state index is 0.584. The first kappa shape index (κ1) is 16.1. The van der Waals surface area contributed by atoms with E-state index in [4.69, 9.17) is 14.2 Å². The number of hydrogen-bond acceptors (Lipinski definition) is 4. The molecule has 1 aliphatic rings. The van der Waals surface area contributed by atoms with E-state index < -0.39 is 0 Å². The molecule has 0 spiro atoms. The van der Waals surface area contributed by atoms with Crippen LogP contribution in [0.3, 0.4) is 0 Å². The molecular formula is C17H27NO3. The van der Waals surface area contributed by atoms with Crippen molar-refractivity contribution < 1.29 is 14.2 Å². The fourth-order valence-corrected chi connectivity index (χ4v) is 2.51. The monoisotopic (exact) mass is 293 g/mol. The van der Waals surface area contributed by atoms with E-state index in [2.05, 4.69) is 18.3 Å². The van der Waals surface area contributed by atoms with Gasteiger partial charge in [0.25, 0.3) is 0 Å². The lowest BCUT2D eigenvalue weighted by Crippen LogP contribution is -2.22. The predicted molar refractivity (Wildman–Crippen MR) is 84.0 cm³/mol. The van der Waals surface area contributed by atoms with Gasteiger partial charge in [-0.2, -0.15) is 0 Å². The van der Waals surface area contributed by atoms with Gasteiger partial charge in [0.05, 0.1) is 13.2 Å². The Balaban J connectivity index is 2.05. The first-order valence-corrected chi connectivity index (χ1v) is 8.01. The zero-order chi connectivity index (χ0) is 14.9. The topological polar surface area (TPSA) is 39.7 Å². The van der Waals surface area contributed by atoms with Crippen molar-refractivity contribution in [2.75, 3.05) is 33.0 Å². The van der Waals surface area contributed by atoms with Gasteiger partial charge in [0.15, 0.2) is 11.5 Å². The van der Waals surface area contributed by atoms with Crippen LogP contribution < -0.4 is 14.8 Å². The van der Waals surface area contributed by atoms with Crippen molar-refractivity contribution in [2.24, 2.45) is 5.92 Å². The zero-order valence-electron chi connectivity index (χ0n) is 13.2. The van der Waals surface area contributed by atoms with Crippen LogP contribution in [-0.4, -0.2) is 33.0 Å². The number of benzene rings is 1. The number of hydrogen-bond donors (Lipinski definition) is 1. The Morgan fingerprint density at radius 1 is 1.19 bits per heavy atom. The summed E-state index contributed by atoms with van der Waals surface area (Å²) < 4.78 is 17.3. The van der Waals surface area contributed by atoms with E-state index in [9.17, 15) is 0 Å². The van der Waals surface area contributed by atoms with Crippen LogP contribution in [0.2, 0.25) is 0 Å². The third kappa shape index (κ3) is 4.90. The number of rotatable bonds is 8. The first-order chi connectivity index (χ1) is 10.3. The molecule has 0 bridgehead atoms. The molecule has 0 saturated carbocycles. The van der Waals surface area contributed by atoms with Crippen molar-refractivity contribution in [2.45, 2.75) is 33.2 Å². The van der Waals surface area contributed by atoms with E-state index in [1.807, 2.05) is 19.1 Å². The Morgan fingerprint density at radius 2 is 2.00 bits per heavy atom. The lowest BCUT2D eigenvalue weighted by atomic mass is 10.0. The lowest BCUT2D eigenvalue weighted by molar-refractivity contribution is 0.0491. The van der Waals surface area contributed by atoms with Crippen molar-refractivity contribution >= 4 is 0 Å². The molecule has 1 saturated heterocycles. The molecule has 1 N–H and O–H groups in total. The van der Waals surface area contributed by atoms with Gasteiger partial charge >= 0.3 is 0 Å². The summed E-state index contributed by atoms with van der Waals surface area (Å²) in [6.07, 6.45) is 2.17. The summed E-state index contributed by atoms with van der Waals surface area (Å²) in [5.74, 6) is 2.33. The van der Waals surface area contributed by atoms with Crippen molar-refractivity contribution in [1.29, 1.82) is 0 Å². The maximum atomic E-state index is 6.14. The predicted octanol–water partition coefficient (Wildman–Crippen LogP) is 3.00. The second kappa shape index (κ2) is 8.90. The van der Waals surface area contributed by atoms with Crippen LogP contribution in [-0.2, 0) is 11.3 Å². The van der Waals surface area contributed by atoms with Crippen LogP contribution in [0.4, 0.5) is 0 Å². The SMILES string of the molecule is CCNCc1cccc(OCC)c1OCC1CCOCC1. The molecule has 0 aromatic heterocycles. The highest BCUT2D eigenvalue weighted by molar-refractivity contribution is 5.46. The van der Waals surface area contributed by atoms with E-state index in [-0.39, 0.29) is 0 Å². The van der Waals surface area contributed by atoms with E-state index in [0.717, 1.165) is 62.8 Å². The molecule has 4 heteroatoms. The standard InChI is InChI=1S/C17H27NO3/c1-3-18-12-15-6-5-7-16(20-4-2)17(15)21-13-14-8-10-19-11-9-14/h5-7,14,18H,3-4,8-13H2,1-2H3. The van der Waals surface area contributed by atoms with Gasteiger partial charge in [-0.3, -0.25) is 0 Å². The largest absolute Gasteiger partial charge is 0.490 e. The molecule has 2 rings (SSSR count). The summed E-state index contributed by atoms with van der Waals surface area (Å²) in [6.45, 7) is 8.95. The molecule has 4 nitrogen and oxygen atoms in total. The third-order valence-corrected chi connectivity index (χ3v) is 3.73. The summed E-state index contributed by atoms with van der Waals surface area (Å²) in [6, 6.07) is 6.11.